The quantitative estimate of drug-likeness (QED) is 0.623. The van der Waals surface area contributed by atoms with Crippen molar-refractivity contribution >= 4 is 5.97 Å². The van der Waals surface area contributed by atoms with Gasteiger partial charge < -0.3 is 14.6 Å². The molecule has 0 saturated carbocycles. The molecule has 0 aliphatic rings. The highest BCUT2D eigenvalue weighted by atomic mass is 16.5. The highest BCUT2D eigenvalue weighted by Crippen LogP contribution is 1.90. The number of hydrogen-bond donors (Lipinski definition) is 1. The molecule has 0 saturated heterocycles. The van der Waals surface area contributed by atoms with E-state index in [0.29, 0.717) is 0 Å². The highest BCUT2D eigenvalue weighted by molar-refractivity contribution is 5.62. The summed E-state index contributed by atoms with van der Waals surface area (Å²) in [4.78, 5) is 9.00. The van der Waals surface area contributed by atoms with Crippen molar-refractivity contribution in [1.82, 2.24) is 0 Å². The lowest BCUT2D eigenvalue weighted by molar-refractivity contribution is -0.134. The van der Waals surface area contributed by atoms with Crippen LogP contribution in [0.5, 0.6) is 0 Å². The van der Waals surface area contributed by atoms with Gasteiger partial charge in [-0.15, -0.1) is 0 Å². The molecule has 0 aromatic rings. The van der Waals surface area contributed by atoms with Crippen LogP contribution >= 0.6 is 0 Å². The fraction of sp³-hybridized carbons (Fsp3) is 0.917. The van der Waals surface area contributed by atoms with Crippen LogP contribution in [0.4, 0.5) is 0 Å². The maximum absolute atomic E-state index is 9.00. The third-order valence-corrected chi connectivity index (χ3v) is 1.66. The Morgan fingerprint density at radius 1 is 0.938 bits per heavy atom. The molecule has 0 fully saturated rings. The lowest BCUT2D eigenvalue weighted by atomic mass is 10.4. The maximum atomic E-state index is 9.00. The molecule has 0 radical (unpaired) electrons. The van der Waals surface area contributed by atoms with Crippen LogP contribution in [0, 0.1) is 0 Å². The average Bonchev–Trinajstić information content (AvgIpc) is 2.21. The van der Waals surface area contributed by atoms with Gasteiger partial charge in [0.2, 0.25) is 0 Å². The Labute approximate surface area is 98.9 Å². The zero-order chi connectivity index (χ0) is 12.6. The Bertz CT molecular complexity index is 123. The predicted octanol–water partition coefficient (Wildman–Crippen LogP) is 2.71. The summed E-state index contributed by atoms with van der Waals surface area (Å²) in [5.41, 5.74) is 0. The normalized spacial score (nSPS) is 9.44. The van der Waals surface area contributed by atoms with E-state index in [1.165, 1.54) is 12.8 Å². The van der Waals surface area contributed by atoms with E-state index in [9.17, 15) is 0 Å². The van der Waals surface area contributed by atoms with Crippen LogP contribution in [-0.4, -0.2) is 37.5 Å². The SMILES string of the molecule is CC(=O)O.CCCCOCCOCCCC. The van der Waals surface area contributed by atoms with E-state index in [1.807, 2.05) is 0 Å². The molecule has 4 nitrogen and oxygen atoms in total. The molecule has 0 unspecified atom stereocenters. The van der Waals surface area contributed by atoms with E-state index in [0.717, 1.165) is 46.2 Å². The van der Waals surface area contributed by atoms with Gasteiger partial charge in [-0.2, -0.15) is 0 Å². The van der Waals surface area contributed by atoms with E-state index < -0.39 is 5.97 Å². The Kier molecular flexibility index (Phi) is 18.7. The predicted molar refractivity (Wildman–Crippen MR) is 64.8 cm³/mol. The van der Waals surface area contributed by atoms with Gasteiger partial charge in [-0.1, -0.05) is 26.7 Å². The van der Waals surface area contributed by atoms with Gasteiger partial charge in [0.1, 0.15) is 0 Å². The molecule has 0 spiro atoms. The molecular formula is C12H26O4. The largest absolute Gasteiger partial charge is 0.481 e. The average molecular weight is 234 g/mol. The second-order valence-corrected chi connectivity index (χ2v) is 3.45. The molecule has 16 heavy (non-hydrogen) atoms. The van der Waals surface area contributed by atoms with Crippen molar-refractivity contribution in [1.29, 1.82) is 0 Å². The Morgan fingerprint density at radius 2 is 1.25 bits per heavy atom. The highest BCUT2D eigenvalue weighted by Gasteiger charge is 1.88. The minimum absolute atomic E-state index is 0.754. The van der Waals surface area contributed by atoms with Gasteiger partial charge in [-0.3, -0.25) is 4.79 Å². The minimum Gasteiger partial charge on any atom is -0.481 e. The van der Waals surface area contributed by atoms with Crippen LogP contribution in [0.2, 0.25) is 0 Å². The van der Waals surface area contributed by atoms with Crippen LogP contribution < -0.4 is 0 Å². The fourth-order valence-corrected chi connectivity index (χ4v) is 0.815. The summed E-state index contributed by atoms with van der Waals surface area (Å²) in [5.74, 6) is -0.833. The van der Waals surface area contributed by atoms with E-state index in [1.54, 1.807) is 0 Å². The molecule has 0 aromatic carbocycles. The third-order valence-electron chi connectivity index (χ3n) is 1.66. The van der Waals surface area contributed by atoms with Gasteiger partial charge in [0.15, 0.2) is 0 Å². The standard InChI is InChI=1S/C10H22O2.C2H4O2/c1-3-5-7-11-9-10-12-8-6-4-2;1-2(3)4/h3-10H2,1-2H3;1H3,(H,3,4). The second-order valence-electron chi connectivity index (χ2n) is 3.45. The first-order valence-corrected chi connectivity index (χ1v) is 6.00. The number of rotatable bonds is 9. The summed E-state index contributed by atoms with van der Waals surface area (Å²) in [6.07, 6.45) is 4.73. The maximum Gasteiger partial charge on any atom is 0.300 e. The number of carboxylic acids is 1. The number of aliphatic carboxylic acids is 1. The van der Waals surface area contributed by atoms with Crippen LogP contribution in [0.15, 0.2) is 0 Å². The zero-order valence-corrected chi connectivity index (χ0v) is 10.8. The first-order valence-electron chi connectivity index (χ1n) is 6.00. The van der Waals surface area contributed by atoms with E-state index in [4.69, 9.17) is 19.4 Å². The van der Waals surface area contributed by atoms with Gasteiger partial charge in [0.25, 0.3) is 5.97 Å². The molecule has 0 aliphatic heterocycles. The summed E-state index contributed by atoms with van der Waals surface area (Å²) in [6, 6.07) is 0. The van der Waals surface area contributed by atoms with E-state index >= 15 is 0 Å². The molecule has 0 rings (SSSR count). The van der Waals surface area contributed by atoms with Crippen LogP contribution in [-0.2, 0) is 14.3 Å². The third kappa shape index (κ3) is 29.2. The summed E-state index contributed by atoms with van der Waals surface area (Å²) >= 11 is 0. The van der Waals surface area contributed by atoms with Crippen LogP contribution in [0.3, 0.4) is 0 Å². The van der Waals surface area contributed by atoms with Crippen molar-refractivity contribution in [2.45, 2.75) is 46.5 Å². The summed E-state index contributed by atoms with van der Waals surface area (Å²) in [6.45, 7) is 8.69. The lowest BCUT2D eigenvalue weighted by Crippen LogP contribution is -2.05. The molecule has 0 heterocycles. The Hall–Kier alpha value is -0.610. The van der Waals surface area contributed by atoms with Crippen molar-refractivity contribution in [3.05, 3.63) is 0 Å². The molecule has 0 atom stereocenters. The number of carboxylic acid groups (broad SMARTS) is 1. The first kappa shape index (κ1) is 17.8. The minimum atomic E-state index is -0.833. The van der Waals surface area contributed by atoms with Crippen molar-refractivity contribution in [2.75, 3.05) is 26.4 Å². The molecular weight excluding hydrogens is 208 g/mol. The van der Waals surface area contributed by atoms with Crippen molar-refractivity contribution in [3.63, 3.8) is 0 Å². The molecule has 4 heteroatoms. The summed E-state index contributed by atoms with van der Waals surface area (Å²) in [5, 5.41) is 7.42. The molecule has 1 N–H and O–H groups in total. The fourth-order valence-electron chi connectivity index (χ4n) is 0.815. The molecule has 0 aromatic heterocycles. The summed E-state index contributed by atoms with van der Waals surface area (Å²) < 4.78 is 10.7. The Morgan fingerprint density at radius 3 is 1.50 bits per heavy atom. The van der Waals surface area contributed by atoms with Gasteiger partial charge >= 0.3 is 0 Å². The lowest BCUT2D eigenvalue weighted by Gasteiger charge is -2.03. The molecule has 98 valence electrons. The monoisotopic (exact) mass is 234 g/mol. The molecule has 0 bridgehead atoms. The smallest absolute Gasteiger partial charge is 0.300 e. The van der Waals surface area contributed by atoms with Gasteiger partial charge in [0.05, 0.1) is 13.2 Å². The van der Waals surface area contributed by atoms with E-state index in [2.05, 4.69) is 13.8 Å². The van der Waals surface area contributed by atoms with Crippen molar-refractivity contribution < 1.29 is 19.4 Å². The van der Waals surface area contributed by atoms with Gasteiger partial charge in [0, 0.05) is 20.1 Å². The number of ether oxygens (including phenoxy) is 2. The summed E-state index contributed by atoms with van der Waals surface area (Å²) in [7, 11) is 0. The topological polar surface area (TPSA) is 55.8 Å². The van der Waals surface area contributed by atoms with Crippen molar-refractivity contribution in [2.24, 2.45) is 0 Å². The zero-order valence-electron chi connectivity index (χ0n) is 10.8. The van der Waals surface area contributed by atoms with E-state index in [-0.39, 0.29) is 0 Å². The molecule has 0 amide bonds. The van der Waals surface area contributed by atoms with Crippen molar-refractivity contribution in [3.8, 4) is 0 Å². The molecule has 0 aliphatic carbocycles. The van der Waals surface area contributed by atoms with Crippen LogP contribution in [0.25, 0.3) is 0 Å². The Balaban J connectivity index is 0. The van der Waals surface area contributed by atoms with Gasteiger partial charge in [-0.05, 0) is 12.8 Å². The van der Waals surface area contributed by atoms with Gasteiger partial charge in [-0.25, -0.2) is 0 Å². The second kappa shape index (κ2) is 16.8. The first-order chi connectivity index (χ1) is 7.65. The number of carbonyl (C=O) groups is 1. The number of hydrogen-bond acceptors (Lipinski definition) is 3. The van der Waals surface area contributed by atoms with Crippen LogP contribution in [0.1, 0.15) is 46.5 Å². The number of unbranched alkanes of at least 4 members (excludes halogenated alkanes) is 2.